The van der Waals surface area contributed by atoms with Gasteiger partial charge in [0.1, 0.15) is 11.6 Å². The summed E-state index contributed by atoms with van der Waals surface area (Å²) in [5.74, 6) is -1.31. The maximum absolute atomic E-state index is 13.2. The minimum atomic E-state index is -4.12. The third-order valence-electron chi connectivity index (χ3n) is 2.39. The first-order valence-corrected chi connectivity index (χ1v) is 5.60. The summed E-state index contributed by atoms with van der Waals surface area (Å²) in [7, 11) is 0. The minimum Gasteiger partial charge on any atom is -0.313 e. The highest BCUT2D eigenvalue weighted by molar-refractivity contribution is 5.18. The molecule has 1 N–H and O–H groups in total. The molecule has 0 heterocycles. The minimum absolute atomic E-state index is 0.0440. The SMILES string of the molecule is Fc1ccc(CNCCCCC(F)(F)F)c(F)c1. The van der Waals surface area contributed by atoms with Gasteiger partial charge in [-0.1, -0.05) is 6.07 Å². The Bertz CT molecular complexity index is 375. The summed E-state index contributed by atoms with van der Waals surface area (Å²) in [6.07, 6.45) is -4.52. The van der Waals surface area contributed by atoms with E-state index in [0.717, 1.165) is 12.1 Å². The quantitative estimate of drug-likeness (QED) is 0.611. The van der Waals surface area contributed by atoms with E-state index < -0.39 is 24.2 Å². The molecule has 0 aliphatic rings. The number of hydrogen-bond donors (Lipinski definition) is 1. The molecule has 0 atom stereocenters. The molecule has 1 aromatic rings. The number of alkyl halides is 3. The van der Waals surface area contributed by atoms with Crippen LogP contribution in [-0.2, 0) is 6.54 Å². The van der Waals surface area contributed by atoms with Gasteiger partial charge in [-0.25, -0.2) is 8.78 Å². The lowest BCUT2D eigenvalue weighted by Gasteiger charge is -2.07. The second kappa shape index (κ2) is 6.68. The Morgan fingerprint density at radius 2 is 1.78 bits per heavy atom. The van der Waals surface area contributed by atoms with E-state index >= 15 is 0 Å². The second-order valence-electron chi connectivity index (χ2n) is 3.98. The fourth-order valence-electron chi connectivity index (χ4n) is 1.46. The van der Waals surface area contributed by atoms with Crippen molar-refractivity contribution < 1.29 is 22.0 Å². The molecule has 18 heavy (non-hydrogen) atoms. The Morgan fingerprint density at radius 3 is 2.39 bits per heavy atom. The van der Waals surface area contributed by atoms with Gasteiger partial charge < -0.3 is 5.32 Å². The molecule has 0 aromatic heterocycles. The molecule has 0 unspecified atom stereocenters. The number of halogens is 5. The van der Waals surface area contributed by atoms with Crippen LogP contribution in [0, 0.1) is 11.6 Å². The molecule has 0 amide bonds. The van der Waals surface area contributed by atoms with E-state index in [9.17, 15) is 22.0 Å². The maximum Gasteiger partial charge on any atom is 0.389 e. The molecule has 1 nitrogen and oxygen atoms in total. The van der Waals surface area contributed by atoms with Crippen molar-refractivity contribution in [1.29, 1.82) is 0 Å². The summed E-state index contributed by atoms with van der Waals surface area (Å²) in [6.45, 7) is 0.547. The van der Waals surface area contributed by atoms with Gasteiger partial charge in [-0.15, -0.1) is 0 Å². The number of rotatable bonds is 6. The Kier molecular flexibility index (Phi) is 5.53. The Balaban J connectivity index is 2.18. The normalized spacial score (nSPS) is 11.8. The molecular formula is C12H14F5N. The first kappa shape index (κ1) is 14.9. The molecule has 0 saturated heterocycles. The average molecular weight is 267 g/mol. The van der Waals surface area contributed by atoms with Crippen LogP contribution < -0.4 is 5.32 Å². The summed E-state index contributed by atoms with van der Waals surface area (Å²) < 4.78 is 61.2. The van der Waals surface area contributed by atoms with Gasteiger partial charge in [-0.05, 0) is 25.5 Å². The van der Waals surface area contributed by atoms with E-state index in [0.29, 0.717) is 18.5 Å². The molecule has 0 saturated carbocycles. The summed E-state index contributed by atoms with van der Waals surface area (Å²) in [5, 5.41) is 2.82. The van der Waals surface area contributed by atoms with Crippen molar-refractivity contribution in [2.45, 2.75) is 32.0 Å². The van der Waals surface area contributed by atoms with Gasteiger partial charge in [-0.3, -0.25) is 0 Å². The van der Waals surface area contributed by atoms with Gasteiger partial charge in [-0.2, -0.15) is 13.2 Å². The van der Waals surface area contributed by atoms with E-state index in [1.807, 2.05) is 0 Å². The van der Waals surface area contributed by atoms with E-state index in [-0.39, 0.29) is 13.0 Å². The zero-order chi connectivity index (χ0) is 13.6. The predicted molar refractivity (Wildman–Crippen MR) is 58.0 cm³/mol. The first-order valence-electron chi connectivity index (χ1n) is 5.60. The second-order valence-corrected chi connectivity index (χ2v) is 3.98. The van der Waals surface area contributed by atoms with Crippen molar-refractivity contribution in [2.75, 3.05) is 6.54 Å². The summed E-state index contributed by atoms with van der Waals surface area (Å²) >= 11 is 0. The van der Waals surface area contributed by atoms with Crippen LogP contribution in [0.25, 0.3) is 0 Å². The van der Waals surface area contributed by atoms with E-state index in [1.54, 1.807) is 0 Å². The van der Waals surface area contributed by atoms with Crippen molar-refractivity contribution in [3.05, 3.63) is 35.4 Å². The molecule has 6 heteroatoms. The van der Waals surface area contributed by atoms with Crippen LogP contribution in [0.4, 0.5) is 22.0 Å². The molecule has 0 aliphatic heterocycles. The van der Waals surface area contributed by atoms with Crippen molar-refractivity contribution in [2.24, 2.45) is 0 Å². The van der Waals surface area contributed by atoms with Crippen LogP contribution >= 0.6 is 0 Å². The third-order valence-corrected chi connectivity index (χ3v) is 2.39. The first-order chi connectivity index (χ1) is 8.38. The molecule has 1 aromatic carbocycles. The van der Waals surface area contributed by atoms with Gasteiger partial charge in [0.25, 0.3) is 0 Å². The van der Waals surface area contributed by atoms with Crippen molar-refractivity contribution in [3.63, 3.8) is 0 Å². The van der Waals surface area contributed by atoms with Gasteiger partial charge in [0.2, 0.25) is 0 Å². The number of unbranched alkanes of at least 4 members (excludes halogenated alkanes) is 1. The number of benzene rings is 1. The van der Waals surface area contributed by atoms with Crippen LogP contribution in [0.3, 0.4) is 0 Å². The molecular weight excluding hydrogens is 253 g/mol. The van der Waals surface area contributed by atoms with Crippen molar-refractivity contribution in [1.82, 2.24) is 5.32 Å². The highest BCUT2D eigenvalue weighted by Gasteiger charge is 2.25. The van der Waals surface area contributed by atoms with Gasteiger partial charge in [0.15, 0.2) is 0 Å². The molecule has 0 spiro atoms. The lowest BCUT2D eigenvalue weighted by Crippen LogP contribution is -2.16. The smallest absolute Gasteiger partial charge is 0.313 e. The van der Waals surface area contributed by atoms with E-state index in [2.05, 4.69) is 5.32 Å². The highest BCUT2D eigenvalue weighted by Crippen LogP contribution is 2.21. The van der Waals surface area contributed by atoms with Gasteiger partial charge in [0, 0.05) is 24.6 Å². The molecule has 0 aliphatic carbocycles. The number of hydrogen-bond acceptors (Lipinski definition) is 1. The zero-order valence-corrected chi connectivity index (χ0v) is 9.66. The predicted octanol–water partition coefficient (Wildman–Crippen LogP) is 3.79. The highest BCUT2D eigenvalue weighted by atomic mass is 19.4. The van der Waals surface area contributed by atoms with Crippen molar-refractivity contribution in [3.8, 4) is 0 Å². The van der Waals surface area contributed by atoms with Crippen LogP contribution in [-0.4, -0.2) is 12.7 Å². The lowest BCUT2D eigenvalue weighted by atomic mass is 10.2. The average Bonchev–Trinajstić information content (AvgIpc) is 2.24. The zero-order valence-electron chi connectivity index (χ0n) is 9.66. The monoisotopic (exact) mass is 267 g/mol. The fraction of sp³-hybridized carbons (Fsp3) is 0.500. The van der Waals surface area contributed by atoms with Gasteiger partial charge in [0.05, 0.1) is 0 Å². The Morgan fingerprint density at radius 1 is 1.06 bits per heavy atom. The molecule has 0 fully saturated rings. The van der Waals surface area contributed by atoms with Crippen LogP contribution in [0.5, 0.6) is 0 Å². The van der Waals surface area contributed by atoms with Crippen LogP contribution in [0.1, 0.15) is 24.8 Å². The standard InChI is InChI=1S/C12H14F5N/c13-10-4-3-9(11(14)7-10)8-18-6-2-1-5-12(15,16)17/h3-4,7,18H,1-2,5-6,8H2. The Hall–Kier alpha value is -1.17. The topological polar surface area (TPSA) is 12.0 Å². The fourth-order valence-corrected chi connectivity index (χ4v) is 1.46. The summed E-state index contributed by atoms with van der Waals surface area (Å²) in [4.78, 5) is 0. The third kappa shape index (κ3) is 5.95. The van der Waals surface area contributed by atoms with Crippen LogP contribution in [0.2, 0.25) is 0 Å². The molecule has 0 bridgehead atoms. The summed E-state index contributed by atoms with van der Waals surface area (Å²) in [6, 6.07) is 3.23. The number of nitrogens with one attached hydrogen (secondary N) is 1. The van der Waals surface area contributed by atoms with E-state index in [1.165, 1.54) is 6.07 Å². The molecule has 1 rings (SSSR count). The Labute approximate surface area is 102 Å². The van der Waals surface area contributed by atoms with Gasteiger partial charge >= 0.3 is 6.18 Å². The maximum atomic E-state index is 13.2. The molecule has 0 radical (unpaired) electrons. The lowest BCUT2D eigenvalue weighted by molar-refractivity contribution is -0.135. The summed E-state index contributed by atoms with van der Waals surface area (Å²) in [5.41, 5.74) is 0.298. The molecule has 102 valence electrons. The van der Waals surface area contributed by atoms with E-state index in [4.69, 9.17) is 0 Å². The van der Waals surface area contributed by atoms with Crippen molar-refractivity contribution >= 4 is 0 Å². The largest absolute Gasteiger partial charge is 0.389 e. The van der Waals surface area contributed by atoms with Crippen LogP contribution in [0.15, 0.2) is 18.2 Å².